The summed E-state index contributed by atoms with van der Waals surface area (Å²) in [6.45, 7) is -0.381. The number of hydrogen-bond acceptors (Lipinski definition) is 3. The Hall–Kier alpha value is -1.72. The maximum atomic E-state index is 12.7. The predicted octanol–water partition coefficient (Wildman–Crippen LogP) is 3.19. The second kappa shape index (κ2) is 4.75. The highest BCUT2D eigenvalue weighted by Gasteiger charge is 2.63. The van der Waals surface area contributed by atoms with Crippen LogP contribution in [0.3, 0.4) is 0 Å². The summed E-state index contributed by atoms with van der Waals surface area (Å²) in [6.07, 6.45) is -4.01. The van der Waals surface area contributed by atoms with Gasteiger partial charge in [0, 0.05) is 0 Å². The Morgan fingerprint density at radius 3 is 2.26 bits per heavy atom. The van der Waals surface area contributed by atoms with Gasteiger partial charge in [-0.2, -0.15) is 13.2 Å². The third kappa shape index (κ3) is 2.83. The lowest BCUT2D eigenvalue weighted by Gasteiger charge is -2.19. The lowest BCUT2D eigenvalue weighted by atomic mass is 10.1. The zero-order valence-corrected chi connectivity index (χ0v) is 10.3. The first-order valence-corrected chi connectivity index (χ1v) is 5.76. The molecule has 0 aliphatic heterocycles. The molecule has 1 aliphatic carbocycles. The van der Waals surface area contributed by atoms with E-state index in [9.17, 15) is 18.0 Å². The summed E-state index contributed by atoms with van der Waals surface area (Å²) in [4.78, 5) is 11.2. The molecule has 3 nitrogen and oxygen atoms in total. The fourth-order valence-corrected chi connectivity index (χ4v) is 1.69. The molecule has 0 unspecified atom stereocenters. The molecule has 1 fully saturated rings. The minimum Gasteiger partial charge on any atom is -0.493 e. The summed E-state index contributed by atoms with van der Waals surface area (Å²) in [5.41, 5.74) is -1.36. The van der Waals surface area contributed by atoms with Gasteiger partial charge in [0.2, 0.25) is 0 Å². The molecule has 6 heteroatoms. The normalized spacial score (nSPS) is 16.8. The molecule has 1 aromatic carbocycles. The lowest BCUT2D eigenvalue weighted by molar-refractivity contribution is -0.194. The standard InChI is InChI=1S/C13H13F3O3/c1-18-11(17)9-2-4-10(5-3-9)19-8-12(6-7-12)13(14,15)16/h2-5H,6-8H2,1H3. The van der Waals surface area contributed by atoms with E-state index in [-0.39, 0.29) is 19.4 Å². The van der Waals surface area contributed by atoms with Crippen molar-refractivity contribution in [2.24, 2.45) is 5.41 Å². The van der Waals surface area contributed by atoms with Crippen molar-refractivity contribution in [3.05, 3.63) is 29.8 Å². The third-order valence-corrected chi connectivity index (χ3v) is 3.25. The molecule has 0 radical (unpaired) electrons. The van der Waals surface area contributed by atoms with Crippen LogP contribution in [0.4, 0.5) is 13.2 Å². The van der Waals surface area contributed by atoms with Crippen molar-refractivity contribution in [3.8, 4) is 5.75 Å². The Balaban J connectivity index is 1.96. The lowest BCUT2D eigenvalue weighted by Crippen LogP contribution is -2.30. The summed E-state index contributed by atoms with van der Waals surface area (Å²) >= 11 is 0. The molecule has 0 N–H and O–H groups in total. The van der Waals surface area contributed by atoms with E-state index in [2.05, 4.69) is 4.74 Å². The molecule has 2 rings (SSSR count). The van der Waals surface area contributed by atoms with Gasteiger partial charge in [-0.25, -0.2) is 4.79 Å². The third-order valence-electron chi connectivity index (χ3n) is 3.25. The largest absolute Gasteiger partial charge is 0.493 e. The molecule has 0 heterocycles. The highest BCUT2D eigenvalue weighted by Crippen LogP contribution is 2.57. The van der Waals surface area contributed by atoms with E-state index in [0.717, 1.165) is 0 Å². The van der Waals surface area contributed by atoms with Gasteiger partial charge in [-0.1, -0.05) is 0 Å². The van der Waals surface area contributed by atoms with Crippen LogP contribution in [0.25, 0.3) is 0 Å². The van der Waals surface area contributed by atoms with Crippen LogP contribution >= 0.6 is 0 Å². The zero-order chi connectivity index (χ0) is 14.1. The second-order valence-corrected chi connectivity index (χ2v) is 4.58. The average Bonchev–Trinajstić information content (AvgIpc) is 3.16. The van der Waals surface area contributed by atoms with E-state index in [1.165, 1.54) is 31.4 Å². The van der Waals surface area contributed by atoms with Crippen LogP contribution in [-0.4, -0.2) is 25.9 Å². The quantitative estimate of drug-likeness (QED) is 0.791. The molecule has 0 atom stereocenters. The van der Waals surface area contributed by atoms with Gasteiger partial charge in [0.1, 0.15) is 17.8 Å². The first-order chi connectivity index (χ1) is 8.88. The van der Waals surface area contributed by atoms with Gasteiger partial charge < -0.3 is 9.47 Å². The Morgan fingerprint density at radius 1 is 1.26 bits per heavy atom. The van der Waals surface area contributed by atoms with Crippen LogP contribution < -0.4 is 4.74 Å². The van der Waals surface area contributed by atoms with Crippen molar-refractivity contribution in [2.75, 3.05) is 13.7 Å². The van der Waals surface area contributed by atoms with Crippen LogP contribution in [0.1, 0.15) is 23.2 Å². The van der Waals surface area contributed by atoms with Crippen LogP contribution in [0.15, 0.2) is 24.3 Å². The minimum absolute atomic E-state index is 0.108. The number of methoxy groups -OCH3 is 1. The van der Waals surface area contributed by atoms with Gasteiger partial charge in [0.05, 0.1) is 12.7 Å². The number of carbonyl (C=O) groups is 1. The summed E-state index contributed by atoms with van der Waals surface area (Å²) in [7, 11) is 1.26. The zero-order valence-electron chi connectivity index (χ0n) is 10.3. The molecule has 19 heavy (non-hydrogen) atoms. The SMILES string of the molecule is COC(=O)c1ccc(OCC2(C(F)(F)F)CC2)cc1. The van der Waals surface area contributed by atoms with Crippen molar-refractivity contribution in [1.82, 2.24) is 0 Å². The second-order valence-electron chi connectivity index (χ2n) is 4.58. The average molecular weight is 274 g/mol. The molecular weight excluding hydrogens is 261 g/mol. The van der Waals surface area contributed by atoms with E-state index in [0.29, 0.717) is 11.3 Å². The monoisotopic (exact) mass is 274 g/mol. The summed E-state index contributed by atoms with van der Waals surface area (Å²) in [6, 6.07) is 5.82. The van der Waals surface area contributed by atoms with Crippen molar-refractivity contribution in [2.45, 2.75) is 19.0 Å². The van der Waals surface area contributed by atoms with Crippen LogP contribution in [-0.2, 0) is 4.74 Å². The molecule has 1 aliphatic rings. The first kappa shape index (κ1) is 13.7. The Morgan fingerprint density at radius 2 is 1.84 bits per heavy atom. The van der Waals surface area contributed by atoms with E-state index in [1.807, 2.05) is 0 Å². The number of carbonyl (C=O) groups excluding carboxylic acids is 1. The van der Waals surface area contributed by atoms with Crippen molar-refractivity contribution in [1.29, 1.82) is 0 Å². The first-order valence-electron chi connectivity index (χ1n) is 5.76. The fraction of sp³-hybridized carbons (Fsp3) is 0.462. The van der Waals surface area contributed by atoms with Gasteiger partial charge in [-0.3, -0.25) is 0 Å². The number of rotatable bonds is 4. The number of benzene rings is 1. The van der Waals surface area contributed by atoms with Crippen molar-refractivity contribution < 1.29 is 27.4 Å². The summed E-state index contributed by atoms with van der Waals surface area (Å²) in [5.74, 6) is -0.191. The van der Waals surface area contributed by atoms with E-state index in [1.54, 1.807) is 0 Å². The highest BCUT2D eigenvalue weighted by atomic mass is 19.4. The molecule has 104 valence electrons. The molecule has 0 saturated heterocycles. The minimum atomic E-state index is -4.22. The molecule has 0 aromatic heterocycles. The maximum absolute atomic E-state index is 12.7. The molecule has 1 aromatic rings. The van der Waals surface area contributed by atoms with Crippen LogP contribution in [0, 0.1) is 5.41 Å². The smallest absolute Gasteiger partial charge is 0.397 e. The molecule has 1 saturated carbocycles. The number of halogens is 3. The number of hydrogen-bond donors (Lipinski definition) is 0. The molecule has 0 amide bonds. The topological polar surface area (TPSA) is 35.5 Å². The fourth-order valence-electron chi connectivity index (χ4n) is 1.69. The van der Waals surface area contributed by atoms with Gasteiger partial charge in [0.25, 0.3) is 0 Å². The number of esters is 1. The van der Waals surface area contributed by atoms with Crippen molar-refractivity contribution in [3.63, 3.8) is 0 Å². The van der Waals surface area contributed by atoms with E-state index in [4.69, 9.17) is 4.74 Å². The van der Waals surface area contributed by atoms with Crippen molar-refractivity contribution >= 4 is 5.97 Å². The highest BCUT2D eigenvalue weighted by molar-refractivity contribution is 5.89. The number of ether oxygens (including phenoxy) is 2. The van der Waals surface area contributed by atoms with E-state index >= 15 is 0 Å². The van der Waals surface area contributed by atoms with Gasteiger partial charge >= 0.3 is 12.1 Å². The summed E-state index contributed by atoms with van der Waals surface area (Å²) < 4.78 is 47.7. The molecule has 0 bridgehead atoms. The van der Waals surface area contributed by atoms with Crippen LogP contribution in [0.5, 0.6) is 5.75 Å². The molecule has 0 spiro atoms. The Labute approximate surface area is 108 Å². The Bertz CT molecular complexity index is 461. The van der Waals surface area contributed by atoms with Gasteiger partial charge in [0.15, 0.2) is 0 Å². The van der Waals surface area contributed by atoms with Crippen LogP contribution in [0.2, 0.25) is 0 Å². The summed E-state index contributed by atoms with van der Waals surface area (Å²) in [5, 5.41) is 0. The maximum Gasteiger partial charge on any atom is 0.397 e. The van der Waals surface area contributed by atoms with E-state index < -0.39 is 17.6 Å². The predicted molar refractivity (Wildman–Crippen MR) is 61.0 cm³/mol. The van der Waals surface area contributed by atoms with Gasteiger partial charge in [-0.05, 0) is 37.1 Å². The molecular formula is C13H13F3O3. The van der Waals surface area contributed by atoms with Gasteiger partial charge in [-0.15, -0.1) is 0 Å². The number of alkyl halides is 3. The Kier molecular flexibility index (Phi) is 3.43.